The summed E-state index contributed by atoms with van der Waals surface area (Å²) in [5.41, 5.74) is 1.34. The third-order valence-electron chi connectivity index (χ3n) is 4.32. The Labute approximate surface area is 161 Å². The number of aryl methyl sites for hydroxylation is 1. The summed E-state index contributed by atoms with van der Waals surface area (Å²) in [4.78, 5) is 11.9. The maximum Gasteiger partial charge on any atom is 0.165 e. The van der Waals surface area contributed by atoms with Crippen molar-refractivity contribution in [3.05, 3.63) is 69.2 Å². The standard InChI is InChI=1S/C21H23BrF2O2/c1-2-5-20(25)16-12-14(8-10-18(16)23)6-3-4-7-21(26)17-13-15(22)9-11-19(17)24/h8-13,21,26H,2-7H2,1H3. The van der Waals surface area contributed by atoms with E-state index in [0.29, 0.717) is 32.1 Å². The lowest BCUT2D eigenvalue weighted by molar-refractivity contribution is 0.0977. The second kappa shape index (κ2) is 9.93. The summed E-state index contributed by atoms with van der Waals surface area (Å²) in [5, 5.41) is 10.2. The average Bonchev–Trinajstić information content (AvgIpc) is 2.62. The van der Waals surface area contributed by atoms with Crippen LogP contribution in [0.15, 0.2) is 40.9 Å². The van der Waals surface area contributed by atoms with Crippen LogP contribution in [0.2, 0.25) is 0 Å². The lowest BCUT2D eigenvalue weighted by atomic mass is 9.98. The maximum absolute atomic E-state index is 13.8. The molecule has 0 aliphatic carbocycles. The molecule has 2 aromatic rings. The normalized spacial score (nSPS) is 12.2. The molecule has 0 amide bonds. The van der Waals surface area contributed by atoms with Crippen LogP contribution in [0.1, 0.15) is 66.6 Å². The lowest BCUT2D eigenvalue weighted by Gasteiger charge is -2.12. The van der Waals surface area contributed by atoms with Crippen LogP contribution in [0.4, 0.5) is 8.78 Å². The highest BCUT2D eigenvalue weighted by Crippen LogP contribution is 2.26. The molecule has 1 N–H and O–H groups in total. The number of rotatable bonds is 9. The van der Waals surface area contributed by atoms with Gasteiger partial charge in [-0.25, -0.2) is 8.78 Å². The van der Waals surface area contributed by atoms with Crippen LogP contribution >= 0.6 is 15.9 Å². The van der Waals surface area contributed by atoms with E-state index >= 15 is 0 Å². The zero-order valence-corrected chi connectivity index (χ0v) is 16.4. The lowest BCUT2D eigenvalue weighted by Crippen LogP contribution is -2.03. The Bertz CT molecular complexity index is 762. The fourth-order valence-electron chi connectivity index (χ4n) is 2.90. The number of aliphatic hydroxyl groups excluding tert-OH is 1. The minimum atomic E-state index is -0.859. The molecule has 140 valence electrons. The van der Waals surface area contributed by atoms with Crippen molar-refractivity contribution in [3.63, 3.8) is 0 Å². The number of carbonyl (C=O) groups excluding carboxylic acids is 1. The predicted octanol–water partition coefficient (Wildman–Crippen LogP) is 6.16. The van der Waals surface area contributed by atoms with Crippen LogP contribution in [0.3, 0.4) is 0 Å². The third kappa shape index (κ3) is 5.71. The number of aliphatic hydroxyl groups is 1. The van der Waals surface area contributed by atoms with E-state index in [9.17, 15) is 18.7 Å². The molecule has 26 heavy (non-hydrogen) atoms. The Hall–Kier alpha value is -1.59. The maximum atomic E-state index is 13.8. The van der Waals surface area contributed by atoms with E-state index in [1.807, 2.05) is 6.92 Å². The van der Waals surface area contributed by atoms with Crippen LogP contribution in [0.5, 0.6) is 0 Å². The Balaban J connectivity index is 1.89. The van der Waals surface area contributed by atoms with E-state index in [-0.39, 0.29) is 16.9 Å². The number of hydrogen-bond acceptors (Lipinski definition) is 2. The SMILES string of the molecule is CCCC(=O)c1cc(CCCCC(O)c2cc(Br)ccc2F)ccc1F. The molecule has 0 aliphatic rings. The molecule has 1 unspecified atom stereocenters. The molecule has 0 bridgehead atoms. The first-order valence-electron chi connectivity index (χ1n) is 8.87. The summed E-state index contributed by atoms with van der Waals surface area (Å²) < 4.78 is 28.3. The first-order valence-corrected chi connectivity index (χ1v) is 9.66. The molecule has 0 spiro atoms. The van der Waals surface area contributed by atoms with Gasteiger partial charge in [0, 0.05) is 16.5 Å². The number of carbonyl (C=O) groups is 1. The molecule has 0 saturated heterocycles. The van der Waals surface area contributed by atoms with Crippen LogP contribution in [0, 0.1) is 11.6 Å². The topological polar surface area (TPSA) is 37.3 Å². The van der Waals surface area contributed by atoms with Crippen molar-refractivity contribution in [2.24, 2.45) is 0 Å². The molecule has 1 atom stereocenters. The van der Waals surface area contributed by atoms with Crippen molar-refractivity contribution in [2.75, 3.05) is 0 Å². The van der Waals surface area contributed by atoms with Gasteiger partial charge in [0.05, 0.1) is 11.7 Å². The minimum Gasteiger partial charge on any atom is -0.388 e. The van der Waals surface area contributed by atoms with Gasteiger partial charge in [-0.1, -0.05) is 35.3 Å². The van der Waals surface area contributed by atoms with E-state index in [2.05, 4.69) is 15.9 Å². The molecule has 5 heteroatoms. The molecule has 2 aromatic carbocycles. The first kappa shape index (κ1) is 20.7. The van der Waals surface area contributed by atoms with Gasteiger partial charge in [0.1, 0.15) is 11.6 Å². The van der Waals surface area contributed by atoms with E-state index < -0.39 is 17.7 Å². The van der Waals surface area contributed by atoms with Gasteiger partial charge in [-0.2, -0.15) is 0 Å². The summed E-state index contributed by atoms with van der Waals surface area (Å²) >= 11 is 3.28. The zero-order valence-electron chi connectivity index (χ0n) is 14.8. The predicted molar refractivity (Wildman–Crippen MR) is 102 cm³/mol. The first-order chi connectivity index (χ1) is 12.4. The summed E-state index contributed by atoms with van der Waals surface area (Å²) in [7, 11) is 0. The van der Waals surface area contributed by atoms with E-state index in [0.717, 1.165) is 16.5 Å². The molecule has 0 saturated carbocycles. The molecule has 0 aromatic heterocycles. The smallest absolute Gasteiger partial charge is 0.165 e. The summed E-state index contributed by atoms with van der Waals surface area (Å²) in [5.74, 6) is -1.07. The Kier molecular flexibility index (Phi) is 7.91. The monoisotopic (exact) mass is 424 g/mol. The second-order valence-electron chi connectivity index (χ2n) is 6.41. The fraction of sp³-hybridized carbons (Fsp3) is 0.381. The van der Waals surface area contributed by atoms with Crippen molar-refractivity contribution < 1.29 is 18.7 Å². The molecule has 0 fully saturated rings. The van der Waals surface area contributed by atoms with Crippen molar-refractivity contribution in [1.29, 1.82) is 0 Å². The highest BCUT2D eigenvalue weighted by Gasteiger charge is 2.14. The van der Waals surface area contributed by atoms with Gasteiger partial charge >= 0.3 is 0 Å². The highest BCUT2D eigenvalue weighted by molar-refractivity contribution is 9.10. The molecular formula is C21H23BrF2O2. The van der Waals surface area contributed by atoms with Gasteiger partial charge in [0.15, 0.2) is 5.78 Å². The van der Waals surface area contributed by atoms with Gasteiger partial charge in [-0.05, 0) is 61.6 Å². The number of benzene rings is 2. The van der Waals surface area contributed by atoms with E-state index in [4.69, 9.17) is 0 Å². The van der Waals surface area contributed by atoms with Crippen molar-refractivity contribution in [3.8, 4) is 0 Å². The van der Waals surface area contributed by atoms with Crippen LogP contribution in [-0.4, -0.2) is 10.9 Å². The second-order valence-corrected chi connectivity index (χ2v) is 7.33. The van der Waals surface area contributed by atoms with Gasteiger partial charge in [-0.3, -0.25) is 4.79 Å². The van der Waals surface area contributed by atoms with Gasteiger partial charge in [0.2, 0.25) is 0 Å². The van der Waals surface area contributed by atoms with Crippen LogP contribution in [-0.2, 0) is 6.42 Å². The molecule has 0 aliphatic heterocycles. The summed E-state index contributed by atoms with van der Waals surface area (Å²) in [6.45, 7) is 1.89. The molecular weight excluding hydrogens is 402 g/mol. The Morgan fingerprint density at radius 2 is 1.85 bits per heavy atom. The van der Waals surface area contributed by atoms with Crippen molar-refractivity contribution >= 4 is 21.7 Å². The number of hydrogen-bond donors (Lipinski definition) is 1. The van der Waals surface area contributed by atoms with Gasteiger partial charge < -0.3 is 5.11 Å². The van der Waals surface area contributed by atoms with E-state index in [1.165, 1.54) is 12.1 Å². The Morgan fingerprint density at radius 3 is 2.58 bits per heavy atom. The minimum absolute atomic E-state index is 0.153. The number of Topliss-reactive ketones (excluding diaryl/α,β-unsaturated/α-hetero) is 1. The molecule has 2 nitrogen and oxygen atoms in total. The number of unbranched alkanes of at least 4 members (excludes halogenated alkanes) is 1. The van der Waals surface area contributed by atoms with Gasteiger partial charge in [-0.15, -0.1) is 0 Å². The quantitative estimate of drug-likeness (QED) is 0.386. The van der Waals surface area contributed by atoms with Crippen LogP contribution in [0.25, 0.3) is 0 Å². The molecule has 0 heterocycles. The van der Waals surface area contributed by atoms with Gasteiger partial charge in [0.25, 0.3) is 0 Å². The fourth-order valence-corrected chi connectivity index (χ4v) is 3.27. The average molecular weight is 425 g/mol. The molecule has 2 rings (SSSR count). The highest BCUT2D eigenvalue weighted by atomic mass is 79.9. The third-order valence-corrected chi connectivity index (χ3v) is 4.81. The number of halogens is 3. The zero-order chi connectivity index (χ0) is 19.1. The summed E-state index contributed by atoms with van der Waals surface area (Å²) in [6, 6.07) is 9.16. The molecule has 0 radical (unpaired) electrons. The Morgan fingerprint density at radius 1 is 1.12 bits per heavy atom. The largest absolute Gasteiger partial charge is 0.388 e. The van der Waals surface area contributed by atoms with E-state index in [1.54, 1.807) is 24.3 Å². The summed E-state index contributed by atoms with van der Waals surface area (Å²) in [6.07, 6.45) is 2.75. The van der Waals surface area contributed by atoms with Crippen molar-refractivity contribution in [2.45, 2.75) is 51.6 Å². The number of ketones is 1. The van der Waals surface area contributed by atoms with Crippen molar-refractivity contribution in [1.82, 2.24) is 0 Å². The van der Waals surface area contributed by atoms with Crippen LogP contribution < -0.4 is 0 Å².